The number of phenols is 2. The zero-order valence-electron chi connectivity index (χ0n) is 24.0. The topological polar surface area (TPSA) is 124 Å². The molecular formula is C31H46O7S. The summed E-state index contributed by atoms with van der Waals surface area (Å²) in [6, 6.07) is 4.32. The first-order valence-electron chi connectivity index (χ1n) is 14.0. The maximum atomic E-state index is 11.3. The van der Waals surface area contributed by atoms with Crippen LogP contribution in [0.25, 0.3) is 0 Å². The van der Waals surface area contributed by atoms with E-state index in [9.17, 15) is 23.7 Å². The molecular weight excluding hydrogens is 516 g/mol. The van der Waals surface area contributed by atoms with Crippen molar-refractivity contribution in [3.8, 4) is 11.5 Å². The fourth-order valence-electron chi connectivity index (χ4n) is 7.09. The van der Waals surface area contributed by atoms with Crippen LogP contribution in [0.4, 0.5) is 0 Å². The quantitative estimate of drug-likeness (QED) is 0.0989. The van der Waals surface area contributed by atoms with Crippen molar-refractivity contribution in [2.45, 2.75) is 98.5 Å². The molecule has 0 unspecified atom stereocenters. The van der Waals surface area contributed by atoms with Gasteiger partial charge in [0, 0.05) is 5.56 Å². The summed E-state index contributed by atoms with van der Waals surface area (Å²) < 4.78 is 36.4. The van der Waals surface area contributed by atoms with Gasteiger partial charge in [0.05, 0.1) is 6.10 Å². The van der Waals surface area contributed by atoms with E-state index in [0.717, 1.165) is 24.7 Å². The third-order valence-electron chi connectivity index (χ3n) is 9.36. The summed E-state index contributed by atoms with van der Waals surface area (Å²) in [5.74, 6) is 1.09. The van der Waals surface area contributed by atoms with Gasteiger partial charge < -0.3 is 19.5 Å². The molecule has 0 amide bonds. The van der Waals surface area contributed by atoms with Crippen LogP contribution in [0.2, 0.25) is 0 Å². The zero-order chi connectivity index (χ0) is 29.0. The zero-order valence-corrected chi connectivity index (χ0v) is 24.8. The fourth-order valence-corrected chi connectivity index (χ4v) is 7.35. The van der Waals surface area contributed by atoms with Crippen molar-refractivity contribution in [3.63, 3.8) is 0 Å². The van der Waals surface area contributed by atoms with Gasteiger partial charge in [0.15, 0.2) is 0 Å². The average Bonchev–Trinajstić information content (AvgIpc) is 2.83. The molecule has 39 heavy (non-hydrogen) atoms. The van der Waals surface area contributed by atoms with Crippen molar-refractivity contribution < 1.29 is 32.5 Å². The highest BCUT2D eigenvalue weighted by molar-refractivity contribution is 7.81. The van der Waals surface area contributed by atoms with Gasteiger partial charge in [0.1, 0.15) is 17.8 Å². The summed E-state index contributed by atoms with van der Waals surface area (Å²) in [7, 11) is -4.63. The lowest BCUT2D eigenvalue weighted by molar-refractivity contribution is -0.0391. The van der Waals surface area contributed by atoms with E-state index in [2.05, 4.69) is 38.0 Å². The Bertz CT molecular complexity index is 1210. The highest BCUT2D eigenvalue weighted by atomic mass is 32.3. The Kier molecular flexibility index (Phi) is 10.00. The first-order valence-corrected chi connectivity index (χ1v) is 15.3. The Morgan fingerprint density at radius 2 is 1.90 bits per heavy atom. The molecule has 2 aliphatic carbocycles. The van der Waals surface area contributed by atoms with Crippen molar-refractivity contribution in [2.24, 2.45) is 22.7 Å². The van der Waals surface area contributed by atoms with Crippen molar-refractivity contribution in [2.75, 3.05) is 0 Å². The number of aliphatic hydroxyl groups excluding tert-OH is 1. The molecule has 4 atom stereocenters. The third-order valence-corrected chi connectivity index (χ3v) is 9.70. The van der Waals surface area contributed by atoms with Crippen molar-refractivity contribution >= 4 is 10.4 Å². The van der Waals surface area contributed by atoms with E-state index in [1.807, 2.05) is 0 Å². The molecule has 3 rings (SSSR count). The SMILES string of the molecule is CC(=CCc1cc(O)ccc1O)[C@H](O)CCC(=COS(=O)(=O)O)CC[C@H]1C(C)=CC[C@H]2C(C)(C)CCC[C@]12C. The number of phenolic OH excluding ortho intramolecular Hbond substituents is 2. The monoisotopic (exact) mass is 562 g/mol. The fraction of sp³-hybridized carbons (Fsp3) is 0.613. The van der Waals surface area contributed by atoms with Gasteiger partial charge in [0.25, 0.3) is 0 Å². The van der Waals surface area contributed by atoms with Gasteiger partial charge >= 0.3 is 10.4 Å². The molecule has 8 heteroatoms. The first kappa shape index (κ1) is 31.2. The van der Waals surface area contributed by atoms with Gasteiger partial charge in [-0.1, -0.05) is 44.9 Å². The van der Waals surface area contributed by atoms with Crippen molar-refractivity contribution in [1.82, 2.24) is 0 Å². The lowest BCUT2D eigenvalue weighted by Crippen LogP contribution is -2.48. The first-order chi connectivity index (χ1) is 18.1. The second kappa shape index (κ2) is 12.5. The van der Waals surface area contributed by atoms with Gasteiger partial charge in [0.2, 0.25) is 0 Å². The maximum absolute atomic E-state index is 11.3. The number of fused-ring (bicyclic) bond motifs is 1. The van der Waals surface area contributed by atoms with Crippen LogP contribution in [0.1, 0.15) is 91.5 Å². The number of hydrogen-bond donors (Lipinski definition) is 4. The molecule has 4 N–H and O–H groups in total. The molecule has 7 nitrogen and oxygen atoms in total. The minimum absolute atomic E-state index is 0.0584. The van der Waals surface area contributed by atoms with E-state index < -0.39 is 16.5 Å². The molecule has 0 spiro atoms. The van der Waals surface area contributed by atoms with E-state index in [1.54, 1.807) is 13.0 Å². The van der Waals surface area contributed by atoms with Gasteiger partial charge in [-0.25, -0.2) is 0 Å². The Morgan fingerprint density at radius 1 is 1.18 bits per heavy atom. The Labute approximate surface area is 234 Å². The molecule has 1 saturated carbocycles. The molecule has 1 aromatic carbocycles. The summed E-state index contributed by atoms with van der Waals surface area (Å²) in [4.78, 5) is 0. The summed E-state index contributed by atoms with van der Waals surface area (Å²) in [6.07, 6.45) is 11.8. The summed E-state index contributed by atoms with van der Waals surface area (Å²) >= 11 is 0. The highest BCUT2D eigenvalue weighted by Crippen LogP contribution is 2.60. The number of aromatic hydroxyl groups is 2. The van der Waals surface area contributed by atoms with E-state index >= 15 is 0 Å². The minimum Gasteiger partial charge on any atom is -0.508 e. The third kappa shape index (κ3) is 8.12. The molecule has 0 radical (unpaired) electrons. The van der Waals surface area contributed by atoms with Gasteiger partial charge in [-0.2, -0.15) is 8.42 Å². The number of benzene rings is 1. The molecule has 0 aromatic heterocycles. The van der Waals surface area contributed by atoms with Crippen LogP contribution >= 0.6 is 0 Å². The Balaban J connectivity index is 1.69. The maximum Gasteiger partial charge on any atom is 0.445 e. The van der Waals surface area contributed by atoms with Crippen molar-refractivity contribution in [3.05, 3.63) is 58.9 Å². The molecule has 0 aliphatic heterocycles. The average molecular weight is 563 g/mol. The molecule has 0 bridgehead atoms. The molecule has 0 saturated heterocycles. The summed E-state index contributed by atoms with van der Waals surface area (Å²) in [6.45, 7) is 11.2. The van der Waals surface area contributed by atoms with Gasteiger partial charge in [-0.3, -0.25) is 4.55 Å². The van der Waals surface area contributed by atoms with E-state index in [0.29, 0.717) is 48.7 Å². The van der Waals surface area contributed by atoms with E-state index in [4.69, 9.17) is 4.55 Å². The van der Waals surface area contributed by atoms with Crippen molar-refractivity contribution in [1.29, 1.82) is 0 Å². The van der Waals surface area contributed by atoms with Gasteiger partial charge in [-0.05, 0) is 117 Å². The van der Waals surface area contributed by atoms with E-state index in [1.165, 1.54) is 43.0 Å². The van der Waals surface area contributed by atoms with Crippen LogP contribution in [0, 0.1) is 22.7 Å². The lowest BCUT2D eigenvalue weighted by Gasteiger charge is -2.57. The Morgan fingerprint density at radius 3 is 2.59 bits per heavy atom. The smallest absolute Gasteiger partial charge is 0.445 e. The lowest BCUT2D eigenvalue weighted by atomic mass is 9.48. The second-order valence-corrected chi connectivity index (χ2v) is 13.5. The molecule has 1 aromatic rings. The summed E-state index contributed by atoms with van der Waals surface area (Å²) in [5, 5.41) is 30.4. The minimum atomic E-state index is -4.63. The number of aliphatic hydroxyl groups is 1. The molecule has 1 fully saturated rings. The van der Waals surface area contributed by atoms with Gasteiger partial charge in [-0.15, -0.1) is 0 Å². The van der Waals surface area contributed by atoms with Crippen LogP contribution in [-0.4, -0.2) is 34.4 Å². The number of allylic oxidation sites excluding steroid dienone is 4. The van der Waals surface area contributed by atoms with Crippen LogP contribution in [0.5, 0.6) is 11.5 Å². The Hall–Kier alpha value is -2.29. The van der Waals surface area contributed by atoms with Crippen LogP contribution in [-0.2, 0) is 21.0 Å². The number of hydrogen-bond acceptors (Lipinski definition) is 6. The standard InChI is InChI=1S/C31H46O7S/c1-21-8-16-29-30(3,4)17-6-18-31(29,5)26(21)13-9-23(20-38-39(35,36)37)10-14-27(33)22(2)7-11-24-19-25(32)12-15-28(24)34/h7-8,12,15,19-20,26-27,29,32-34H,6,9-11,13-14,16-18H2,1-5H3,(H,35,36,37)/t26-,27+,29-,31+/m0/s1. The normalized spacial score (nSPS) is 26.5. The van der Waals surface area contributed by atoms with Crippen LogP contribution < -0.4 is 0 Å². The van der Waals surface area contributed by atoms with Crippen LogP contribution in [0.15, 0.2) is 53.3 Å². The predicted octanol–water partition coefficient (Wildman–Crippen LogP) is 7.01. The molecule has 2 aliphatic rings. The molecule has 218 valence electrons. The molecule has 0 heterocycles. The van der Waals surface area contributed by atoms with Crippen LogP contribution in [0.3, 0.4) is 0 Å². The number of rotatable bonds is 11. The van der Waals surface area contributed by atoms with E-state index in [-0.39, 0.29) is 22.3 Å². The highest BCUT2D eigenvalue weighted by Gasteiger charge is 2.51. The predicted molar refractivity (Wildman–Crippen MR) is 154 cm³/mol. The largest absolute Gasteiger partial charge is 0.508 e. The second-order valence-electron chi connectivity index (χ2n) is 12.5. The summed E-state index contributed by atoms with van der Waals surface area (Å²) in [5.41, 5.74) is 3.81.